The summed E-state index contributed by atoms with van der Waals surface area (Å²) in [6.07, 6.45) is 1.99. The number of rotatable bonds is 1. The Labute approximate surface area is 75.8 Å². The van der Waals surface area contributed by atoms with E-state index in [1.54, 1.807) is 0 Å². The zero-order valence-corrected chi connectivity index (χ0v) is 7.54. The average Bonchev–Trinajstić information content (AvgIpc) is 2.44. The number of halogens is 1. The Hall–Kier alpha value is -1.02. The summed E-state index contributed by atoms with van der Waals surface area (Å²) in [4.78, 5) is 4.33. The van der Waals surface area contributed by atoms with Gasteiger partial charge in [-0.2, -0.15) is 0 Å². The van der Waals surface area contributed by atoms with E-state index >= 15 is 0 Å². The van der Waals surface area contributed by atoms with Gasteiger partial charge in [0.1, 0.15) is 5.65 Å². The number of hydrogen-bond donors (Lipinski definition) is 0. The predicted molar refractivity (Wildman–Crippen MR) is 49.5 cm³/mol. The van der Waals surface area contributed by atoms with Gasteiger partial charge in [0.05, 0.1) is 11.6 Å². The van der Waals surface area contributed by atoms with Crippen molar-refractivity contribution in [3.63, 3.8) is 0 Å². The van der Waals surface area contributed by atoms with Crippen molar-refractivity contribution < 1.29 is 0 Å². The molecule has 0 aromatic carbocycles. The first-order chi connectivity index (χ1) is 5.81. The molecule has 0 amide bonds. The maximum Gasteiger partial charge on any atom is 0.137 e. The van der Waals surface area contributed by atoms with Crippen molar-refractivity contribution in [1.82, 2.24) is 9.38 Å². The van der Waals surface area contributed by atoms with Crippen LogP contribution in [0.15, 0.2) is 24.4 Å². The molecule has 12 heavy (non-hydrogen) atoms. The molecule has 0 N–H and O–H groups in total. The Morgan fingerprint density at radius 1 is 1.50 bits per heavy atom. The molecule has 2 aromatic rings. The highest BCUT2D eigenvalue weighted by Gasteiger charge is 2.00. The van der Waals surface area contributed by atoms with Crippen LogP contribution in [0.25, 0.3) is 5.65 Å². The van der Waals surface area contributed by atoms with Gasteiger partial charge in [-0.05, 0) is 19.1 Å². The Morgan fingerprint density at radius 2 is 2.33 bits per heavy atom. The number of pyridine rings is 1. The van der Waals surface area contributed by atoms with Gasteiger partial charge in [-0.15, -0.1) is 11.6 Å². The second-order valence-corrected chi connectivity index (χ2v) is 3.03. The normalized spacial score (nSPS) is 10.8. The molecule has 0 spiro atoms. The zero-order chi connectivity index (χ0) is 8.55. The van der Waals surface area contributed by atoms with Gasteiger partial charge in [0.15, 0.2) is 0 Å². The fourth-order valence-electron chi connectivity index (χ4n) is 1.30. The van der Waals surface area contributed by atoms with E-state index in [4.69, 9.17) is 11.6 Å². The highest BCUT2D eigenvalue weighted by Crippen LogP contribution is 2.09. The number of aryl methyl sites for hydroxylation is 1. The summed E-state index contributed by atoms with van der Waals surface area (Å²) < 4.78 is 2.02. The molecular formula is C9H9ClN2. The summed E-state index contributed by atoms with van der Waals surface area (Å²) in [6, 6.07) is 5.95. The fraction of sp³-hybridized carbons (Fsp3) is 0.222. The largest absolute Gasteiger partial charge is 0.303 e. The first-order valence-electron chi connectivity index (χ1n) is 3.81. The van der Waals surface area contributed by atoms with E-state index in [0.29, 0.717) is 5.88 Å². The molecule has 0 unspecified atom stereocenters. The second-order valence-electron chi connectivity index (χ2n) is 2.76. The SMILES string of the molecule is Cc1cn2c(CCl)cccc2n1. The molecular weight excluding hydrogens is 172 g/mol. The number of nitrogens with zero attached hydrogens (tertiary/aromatic N) is 2. The minimum Gasteiger partial charge on any atom is -0.303 e. The fourth-order valence-corrected chi connectivity index (χ4v) is 1.52. The maximum absolute atomic E-state index is 5.77. The molecule has 0 atom stereocenters. The molecule has 0 saturated heterocycles. The van der Waals surface area contributed by atoms with Gasteiger partial charge >= 0.3 is 0 Å². The van der Waals surface area contributed by atoms with Crippen LogP contribution in [0, 0.1) is 6.92 Å². The van der Waals surface area contributed by atoms with E-state index in [9.17, 15) is 0 Å². The molecule has 0 aliphatic rings. The van der Waals surface area contributed by atoms with Crippen LogP contribution >= 0.6 is 11.6 Å². The van der Waals surface area contributed by atoms with Gasteiger partial charge in [-0.1, -0.05) is 6.07 Å². The molecule has 0 saturated carbocycles. The number of imidazole rings is 1. The third-order valence-electron chi connectivity index (χ3n) is 1.83. The van der Waals surface area contributed by atoms with Gasteiger partial charge in [0.25, 0.3) is 0 Å². The van der Waals surface area contributed by atoms with E-state index in [1.165, 1.54) is 0 Å². The third-order valence-corrected chi connectivity index (χ3v) is 2.11. The van der Waals surface area contributed by atoms with Crippen molar-refractivity contribution >= 4 is 17.2 Å². The number of alkyl halides is 1. The van der Waals surface area contributed by atoms with Crippen molar-refractivity contribution in [3.05, 3.63) is 35.8 Å². The Bertz CT molecular complexity index is 406. The van der Waals surface area contributed by atoms with E-state index in [1.807, 2.05) is 35.7 Å². The van der Waals surface area contributed by atoms with Gasteiger partial charge < -0.3 is 4.40 Å². The molecule has 3 heteroatoms. The highest BCUT2D eigenvalue weighted by atomic mass is 35.5. The lowest BCUT2D eigenvalue weighted by Gasteiger charge is -1.98. The molecule has 2 nitrogen and oxygen atoms in total. The summed E-state index contributed by atoms with van der Waals surface area (Å²) in [6.45, 7) is 1.98. The van der Waals surface area contributed by atoms with Crippen LogP contribution in [0.5, 0.6) is 0 Å². The molecule has 2 heterocycles. The van der Waals surface area contributed by atoms with Crippen LogP contribution in [0.1, 0.15) is 11.4 Å². The lowest BCUT2D eigenvalue weighted by atomic mass is 10.4. The monoisotopic (exact) mass is 180 g/mol. The van der Waals surface area contributed by atoms with Crippen LogP contribution in [-0.4, -0.2) is 9.38 Å². The molecule has 62 valence electrons. The van der Waals surface area contributed by atoms with E-state index in [-0.39, 0.29) is 0 Å². The summed E-state index contributed by atoms with van der Waals surface area (Å²) in [5.74, 6) is 0.521. The summed E-state index contributed by atoms with van der Waals surface area (Å²) in [7, 11) is 0. The molecule has 2 rings (SSSR count). The first-order valence-corrected chi connectivity index (χ1v) is 4.34. The molecule has 0 fully saturated rings. The molecule has 0 aliphatic carbocycles. The Morgan fingerprint density at radius 3 is 3.08 bits per heavy atom. The molecule has 0 bridgehead atoms. The Balaban J connectivity index is 2.78. The first kappa shape index (κ1) is 7.62. The zero-order valence-electron chi connectivity index (χ0n) is 6.79. The van der Waals surface area contributed by atoms with Gasteiger partial charge in [0, 0.05) is 11.9 Å². The minimum absolute atomic E-state index is 0.521. The van der Waals surface area contributed by atoms with Crippen molar-refractivity contribution in [2.24, 2.45) is 0 Å². The second kappa shape index (κ2) is 2.79. The molecule has 0 aliphatic heterocycles. The van der Waals surface area contributed by atoms with Crippen LogP contribution < -0.4 is 0 Å². The third kappa shape index (κ3) is 1.08. The quantitative estimate of drug-likeness (QED) is 0.616. The number of aromatic nitrogens is 2. The van der Waals surface area contributed by atoms with Crippen molar-refractivity contribution in [2.75, 3.05) is 0 Å². The van der Waals surface area contributed by atoms with Gasteiger partial charge in [-0.25, -0.2) is 4.98 Å². The van der Waals surface area contributed by atoms with Crippen molar-refractivity contribution in [2.45, 2.75) is 12.8 Å². The lowest BCUT2D eigenvalue weighted by molar-refractivity contribution is 1.07. The topological polar surface area (TPSA) is 17.3 Å². The lowest BCUT2D eigenvalue weighted by Crippen LogP contribution is -1.90. The Kier molecular flexibility index (Phi) is 1.77. The van der Waals surface area contributed by atoms with Crippen LogP contribution in [0.2, 0.25) is 0 Å². The predicted octanol–water partition coefficient (Wildman–Crippen LogP) is 2.38. The average molecular weight is 181 g/mol. The van der Waals surface area contributed by atoms with Gasteiger partial charge in [0.2, 0.25) is 0 Å². The smallest absolute Gasteiger partial charge is 0.137 e. The van der Waals surface area contributed by atoms with Crippen molar-refractivity contribution in [3.8, 4) is 0 Å². The molecule has 0 radical (unpaired) electrons. The van der Waals surface area contributed by atoms with E-state index < -0.39 is 0 Å². The number of hydrogen-bond acceptors (Lipinski definition) is 1. The minimum atomic E-state index is 0.521. The molecule has 2 aromatic heterocycles. The van der Waals surface area contributed by atoms with E-state index in [2.05, 4.69) is 4.98 Å². The van der Waals surface area contributed by atoms with Gasteiger partial charge in [-0.3, -0.25) is 0 Å². The van der Waals surface area contributed by atoms with Crippen LogP contribution in [0.3, 0.4) is 0 Å². The summed E-state index contributed by atoms with van der Waals surface area (Å²) in [5, 5.41) is 0. The summed E-state index contributed by atoms with van der Waals surface area (Å²) >= 11 is 5.77. The van der Waals surface area contributed by atoms with Crippen LogP contribution in [0.4, 0.5) is 0 Å². The maximum atomic E-state index is 5.77. The highest BCUT2D eigenvalue weighted by molar-refractivity contribution is 6.16. The number of fused-ring (bicyclic) bond motifs is 1. The van der Waals surface area contributed by atoms with Crippen molar-refractivity contribution in [1.29, 1.82) is 0 Å². The summed E-state index contributed by atoms with van der Waals surface area (Å²) in [5.41, 5.74) is 3.06. The van der Waals surface area contributed by atoms with E-state index in [0.717, 1.165) is 17.0 Å². The van der Waals surface area contributed by atoms with Crippen LogP contribution in [-0.2, 0) is 5.88 Å². The standard InChI is InChI=1S/C9H9ClN2/c1-7-6-12-8(5-10)3-2-4-9(12)11-7/h2-4,6H,5H2,1H3.